The van der Waals surface area contributed by atoms with Crippen molar-refractivity contribution >= 4 is 11.9 Å². The van der Waals surface area contributed by atoms with Crippen LogP contribution in [0.3, 0.4) is 0 Å². The Hall–Kier alpha value is -1.10. The lowest BCUT2D eigenvalue weighted by molar-refractivity contribution is -0.143. The van der Waals surface area contributed by atoms with E-state index in [2.05, 4.69) is 5.32 Å². The Morgan fingerprint density at radius 1 is 1.29 bits per heavy atom. The summed E-state index contributed by atoms with van der Waals surface area (Å²) in [5.74, 6) is -1.19. The lowest BCUT2D eigenvalue weighted by atomic mass is 9.98. The van der Waals surface area contributed by atoms with Crippen molar-refractivity contribution in [3.8, 4) is 0 Å². The third-order valence-corrected chi connectivity index (χ3v) is 2.84. The van der Waals surface area contributed by atoms with Crippen LogP contribution >= 0.6 is 0 Å². The summed E-state index contributed by atoms with van der Waals surface area (Å²) in [5, 5.41) is 11.5. The zero-order valence-corrected chi connectivity index (χ0v) is 11.1. The summed E-state index contributed by atoms with van der Waals surface area (Å²) in [5.41, 5.74) is 5.70. The molecule has 0 aromatic carbocycles. The van der Waals surface area contributed by atoms with Crippen LogP contribution in [-0.4, -0.2) is 29.1 Å². The number of rotatable bonds is 7. The SMILES string of the molecule is CC[C@H](C)[C@H](NC(=O)C(N)CC(C)C)C(=O)O. The fourth-order valence-electron chi connectivity index (χ4n) is 1.56. The van der Waals surface area contributed by atoms with Crippen LogP contribution in [0.4, 0.5) is 0 Å². The van der Waals surface area contributed by atoms with Gasteiger partial charge in [-0.3, -0.25) is 4.79 Å². The molecule has 0 spiro atoms. The van der Waals surface area contributed by atoms with E-state index in [0.717, 1.165) is 0 Å². The molecular formula is C12H24N2O3. The van der Waals surface area contributed by atoms with Gasteiger partial charge in [-0.05, 0) is 18.3 Å². The number of carboxylic acids is 1. The molecule has 0 aromatic rings. The summed E-state index contributed by atoms with van der Waals surface area (Å²) in [6.45, 7) is 7.63. The molecule has 0 rings (SSSR count). The second kappa shape index (κ2) is 7.27. The molecule has 0 radical (unpaired) electrons. The fourth-order valence-corrected chi connectivity index (χ4v) is 1.56. The van der Waals surface area contributed by atoms with Gasteiger partial charge >= 0.3 is 5.97 Å². The molecule has 17 heavy (non-hydrogen) atoms. The number of hydrogen-bond acceptors (Lipinski definition) is 3. The van der Waals surface area contributed by atoms with Crippen LogP contribution in [0.5, 0.6) is 0 Å². The Bertz CT molecular complexity index is 266. The van der Waals surface area contributed by atoms with Gasteiger partial charge in [-0.25, -0.2) is 4.79 Å². The van der Waals surface area contributed by atoms with Crippen LogP contribution in [-0.2, 0) is 9.59 Å². The number of hydrogen-bond donors (Lipinski definition) is 3. The molecule has 4 N–H and O–H groups in total. The lowest BCUT2D eigenvalue weighted by Gasteiger charge is -2.22. The molecule has 0 aliphatic carbocycles. The average molecular weight is 244 g/mol. The number of nitrogens with one attached hydrogen (secondary N) is 1. The van der Waals surface area contributed by atoms with E-state index < -0.39 is 18.1 Å². The number of amides is 1. The summed E-state index contributed by atoms with van der Waals surface area (Å²) in [7, 11) is 0. The van der Waals surface area contributed by atoms with E-state index in [-0.39, 0.29) is 11.8 Å². The van der Waals surface area contributed by atoms with E-state index in [9.17, 15) is 9.59 Å². The summed E-state index contributed by atoms with van der Waals surface area (Å²) >= 11 is 0. The van der Waals surface area contributed by atoms with Crippen molar-refractivity contribution in [2.75, 3.05) is 0 Å². The quantitative estimate of drug-likeness (QED) is 0.622. The van der Waals surface area contributed by atoms with Gasteiger partial charge < -0.3 is 16.2 Å². The van der Waals surface area contributed by atoms with Crippen molar-refractivity contribution in [3.63, 3.8) is 0 Å². The zero-order chi connectivity index (χ0) is 13.6. The predicted molar refractivity (Wildman–Crippen MR) is 66.5 cm³/mol. The molecule has 0 saturated heterocycles. The van der Waals surface area contributed by atoms with Gasteiger partial charge in [0.25, 0.3) is 0 Å². The van der Waals surface area contributed by atoms with Crippen molar-refractivity contribution in [2.45, 2.75) is 52.6 Å². The van der Waals surface area contributed by atoms with Gasteiger partial charge in [0.2, 0.25) is 5.91 Å². The first-order chi connectivity index (χ1) is 7.79. The first-order valence-electron chi connectivity index (χ1n) is 6.08. The normalized spacial score (nSPS) is 16.4. The van der Waals surface area contributed by atoms with E-state index in [1.807, 2.05) is 20.8 Å². The van der Waals surface area contributed by atoms with Gasteiger partial charge in [0, 0.05) is 0 Å². The molecule has 1 amide bonds. The topological polar surface area (TPSA) is 92.4 Å². The van der Waals surface area contributed by atoms with Gasteiger partial charge in [0.05, 0.1) is 6.04 Å². The monoisotopic (exact) mass is 244 g/mol. The highest BCUT2D eigenvalue weighted by Crippen LogP contribution is 2.09. The zero-order valence-electron chi connectivity index (χ0n) is 11.1. The largest absolute Gasteiger partial charge is 0.480 e. The standard InChI is InChI=1S/C12H24N2O3/c1-5-8(4)10(12(16)17)14-11(15)9(13)6-7(2)3/h7-10H,5-6,13H2,1-4H3,(H,14,15)(H,16,17)/t8-,9?,10-/m0/s1. The predicted octanol–water partition coefficient (Wildman–Crippen LogP) is 0.975. The van der Waals surface area contributed by atoms with Gasteiger partial charge in [-0.2, -0.15) is 0 Å². The van der Waals surface area contributed by atoms with Crippen molar-refractivity contribution in [3.05, 3.63) is 0 Å². The van der Waals surface area contributed by atoms with Gasteiger partial charge in [-0.1, -0.05) is 34.1 Å². The van der Waals surface area contributed by atoms with E-state index in [0.29, 0.717) is 18.8 Å². The Kier molecular flexibility index (Phi) is 6.80. The van der Waals surface area contributed by atoms with Gasteiger partial charge in [0.1, 0.15) is 6.04 Å². The smallest absolute Gasteiger partial charge is 0.326 e. The molecule has 0 bridgehead atoms. The summed E-state index contributed by atoms with van der Waals surface area (Å²) < 4.78 is 0. The molecule has 0 fully saturated rings. The van der Waals surface area contributed by atoms with Gasteiger partial charge in [-0.15, -0.1) is 0 Å². The van der Waals surface area contributed by atoms with E-state index in [4.69, 9.17) is 10.8 Å². The number of carboxylic acid groups (broad SMARTS) is 1. The Balaban J connectivity index is 4.45. The van der Waals surface area contributed by atoms with Crippen molar-refractivity contribution in [1.82, 2.24) is 5.32 Å². The van der Waals surface area contributed by atoms with Crippen molar-refractivity contribution < 1.29 is 14.7 Å². The number of aliphatic carboxylic acids is 1. The van der Waals surface area contributed by atoms with Crippen LogP contribution in [0.15, 0.2) is 0 Å². The van der Waals surface area contributed by atoms with Crippen LogP contribution in [0.2, 0.25) is 0 Å². The summed E-state index contributed by atoms with van der Waals surface area (Å²) in [6, 6.07) is -1.49. The van der Waals surface area contributed by atoms with Crippen LogP contribution < -0.4 is 11.1 Å². The van der Waals surface area contributed by atoms with E-state index in [1.165, 1.54) is 0 Å². The molecule has 0 aliphatic heterocycles. The second-order valence-electron chi connectivity index (χ2n) is 4.95. The maximum absolute atomic E-state index is 11.7. The van der Waals surface area contributed by atoms with E-state index >= 15 is 0 Å². The minimum absolute atomic E-state index is 0.109. The molecule has 5 heteroatoms. The van der Waals surface area contributed by atoms with Crippen LogP contribution in [0.1, 0.15) is 40.5 Å². The first kappa shape index (κ1) is 15.9. The maximum atomic E-state index is 11.7. The minimum Gasteiger partial charge on any atom is -0.480 e. The lowest BCUT2D eigenvalue weighted by Crippen LogP contribution is -2.51. The first-order valence-corrected chi connectivity index (χ1v) is 6.08. The summed E-state index contributed by atoms with van der Waals surface area (Å²) in [6.07, 6.45) is 1.25. The molecule has 1 unspecified atom stereocenters. The Labute approximate surface area is 103 Å². The Morgan fingerprint density at radius 3 is 2.18 bits per heavy atom. The molecule has 0 saturated carbocycles. The van der Waals surface area contributed by atoms with Crippen molar-refractivity contribution in [1.29, 1.82) is 0 Å². The van der Waals surface area contributed by atoms with Crippen LogP contribution in [0.25, 0.3) is 0 Å². The number of nitrogens with two attached hydrogens (primary N) is 1. The van der Waals surface area contributed by atoms with E-state index in [1.54, 1.807) is 6.92 Å². The molecule has 0 heterocycles. The molecular weight excluding hydrogens is 220 g/mol. The third-order valence-electron chi connectivity index (χ3n) is 2.84. The van der Waals surface area contributed by atoms with Gasteiger partial charge in [0.15, 0.2) is 0 Å². The highest BCUT2D eigenvalue weighted by Gasteiger charge is 2.27. The number of carbonyl (C=O) groups excluding carboxylic acids is 1. The third kappa shape index (κ3) is 5.68. The molecule has 3 atom stereocenters. The fraction of sp³-hybridized carbons (Fsp3) is 0.833. The van der Waals surface area contributed by atoms with Crippen molar-refractivity contribution in [2.24, 2.45) is 17.6 Å². The maximum Gasteiger partial charge on any atom is 0.326 e. The minimum atomic E-state index is -1.01. The summed E-state index contributed by atoms with van der Waals surface area (Å²) in [4.78, 5) is 22.7. The molecule has 5 nitrogen and oxygen atoms in total. The molecule has 100 valence electrons. The highest BCUT2D eigenvalue weighted by atomic mass is 16.4. The Morgan fingerprint density at radius 2 is 1.82 bits per heavy atom. The molecule has 0 aliphatic rings. The average Bonchev–Trinajstić information content (AvgIpc) is 2.22. The van der Waals surface area contributed by atoms with Crippen LogP contribution in [0, 0.1) is 11.8 Å². The highest BCUT2D eigenvalue weighted by molar-refractivity contribution is 5.86. The number of carbonyl (C=O) groups is 2. The second-order valence-corrected chi connectivity index (χ2v) is 4.95. The molecule has 0 aromatic heterocycles.